The highest BCUT2D eigenvalue weighted by molar-refractivity contribution is 7.98. The molecule has 0 aliphatic rings. The smallest absolute Gasteiger partial charge is 0.251 e. The number of carbonyl (C=O) groups is 1. The second-order valence-electron chi connectivity index (χ2n) is 4.38. The van der Waals surface area contributed by atoms with Gasteiger partial charge in [-0.2, -0.15) is 11.8 Å². The van der Waals surface area contributed by atoms with Gasteiger partial charge < -0.3 is 11.1 Å². The van der Waals surface area contributed by atoms with Crippen LogP contribution in [0.4, 0.5) is 0 Å². The molecular formula is C14H23ClN2OS. The van der Waals surface area contributed by atoms with Gasteiger partial charge in [0, 0.05) is 17.9 Å². The van der Waals surface area contributed by atoms with Gasteiger partial charge in [-0.1, -0.05) is 26.0 Å². The standard InChI is InChI=1S/C14H22N2OS.ClH/c1-3-18-10-12-4-6-13(7-5-12)14(17)16-9-11(2)8-15;/h4-7,11H,3,8-10,15H2,1-2H3,(H,16,17);1H. The van der Waals surface area contributed by atoms with Gasteiger partial charge in [0.1, 0.15) is 0 Å². The molecule has 108 valence electrons. The minimum Gasteiger partial charge on any atom is -0.352 e. The fourth-order valence-electron chi connectivity index (χ4n) is 1.42. The van der Waals surface area contributed by atoms with E-state index in [2.05, 4.69) is 12.2 Å². The first kappa shape index (κ1) is 18.3. The third-order valence-corrected chi connectivity index (χ3v) is 3.65. The van der Waals surface area contributed by atoms with E-state index in [1.165, 1.54) is 5.56 Å². The molecule has 1 atom stereocenters. The monoisotopic (exact) mass is 302 g/mol. The summed E-state index contributed by atoms with van der Waals surface area (Å²) in [6, 6.07) is 7.80. The number of hydrogen-bond acceptors (Lipinski definition) is 3. The summed E-state index contributed by atoms with van der Waals surface area (Å²) in [5.41, 5.74) is 7.48. The Morgan fingerprint density at radius 3 is 2.53 bits per heavy atom. The van der Waals surface area contributed by atoms with E-state index < -0.39 is 0 Å². The van der Waals surface area contributed by atoms with Crippen LogP contribution >= 0.6 is 24.2 Å². The van der Waals surface area contributed by atoms with E-state index >= 15 is 0 Å². The molecule has 19 heavy (non-hydrogen) atoms. The van der Waals surface area contributed by atoms with Gasteiger partial charge in [-0.25, -0.2) is 0 Å². The Kier molecular flexibility index (Phi) is 9.74. The molecule has 0 saturated heterocycles. The van der Waals surface area contributed by atoms with Crippen LogP contribution in [0.2, 0.25) is 0 Å². The third kappa shape index (κ3) is 6.85. The zero-order chi connectivity index (χ0) is 13.4. The molecule has 1 aromatic rings. The number of thioether (sulfide) groups is 1. The maximum atomic E-state index is 11.8. The lowest BCUT2D eigenvalue weighted by Gasteiger charge is -2.10. The summed E-state index contributed by atoms with van der Waals surface area (Å²) in [6.07, 6.45) is 0. The van der Waals surface area contributed by atoms with E-state index in [0.29, 0.717) is 24.6 Å². The van der Waals surface area contributed by atoms with Crippen molar-refractivity contribution in [2.24, 2.45) is 11.7 Å². The molecule has 0 aliphatic carbocycles. The average molecular weight is 303 g/mol. The van der Waals surface area contributed by atoms with Crippen molar-refractivity contribution in [2.75, 3.05) is 18.8 Å². The van der Waals surface area contributed by atoms with Crippen LogP contribution in [0.3, 0.4) is 0 Å². The Morgan fingerprint density at radius 2 is 2.00 bits per heavy atom. The van der Waals surface area contributed by atoms with Crippen molar-refractivity contribution in [3.8, 4) is 0 Å². The lowest BCUT2D eigenvalue weighted by atomic mass is 10.1. The van der Waals surface area contributed by atoms with Crippen LogP contribution in [0, 0.1) is 5.92 Å². The highest BCUT2D eigenvalue weighted by Gasteiger charge is 2.06. The number of nitrogens with one attached hydrogen (secondary N) is 1. The van der Waals surface area contributed by atoms with Crippen molar-refractivity contribution in [1.82, 2.24) is 5.32 Å². The lowest BCUT2D eigenvalue weighted by Crippen LogP contribution is -2.31. The van der Waals surface area contributed by atoms with Crippen LogP contribution in [-0.4, -0.2) is 24.7 Å². The molecule has 1 aromatic carbocycles. The second-order valence-corrected chi connectivity index (χ2v) is 5.66. The molecule has 3 N–H and O–H groups in total. The summed E-state index contributed by atoms with van der Waals surface area (Å²) >= 11 is 1.88. The molecule has 0 saturated carbocycles. The molecule has 1 amide bonds. The molecular weight excluding hydrogens is 280 g/mol. The van der Waals surface area contributed by atoms with Gasteiger partial charge in [-0.3, -0.25) is 4.79 Å². The van der Waals surface area contributed by atoms with Crippen LogP contribution in [-0.2, 0) is 5.75 Å². The molecule has 3 nitrogen and oxygen atoms in total. The number of rotatable bonds is 7. The second kappa shape index (κ2) is 10.1. The van der Waals surface area contributed by atoms with Crippen LogP contribution in [0.1, 0.15) is 29.8 Å². The van der Waals surface area contributed by atoms with Crippen LogP contribution in [0.15, 0.2) is 24.3 Å². The van der Waals surface area contributed by atoms with Crippen LogP contribution < -0.4 is 11.1 Å². The van der Waals surface area contributed by atoms with E-state index in [9.17, 15) is 4.79 Å². The maximum absolute atomic E-state index is 11.8. The minimum atomic E-state index is -0.0232. The van der Waals surface area contributed by atoms with Crippen LogP contribution in [0.25, 0.3) is 0 Å². The fraction of sp³-hybridized carbons (Fsp3) is 0.500. The van der Waals surface area contributed by atoms with Crippen LogP contribution in [0.5, 0.6) is 0 Å². The van der Waals surface area contributed by atoms with Gasteiger partial charge in [0.25, 0.3) is 5.91 Å². The van der Waals surface area contributed by atoms with E-state index in [1.807, 2.05) is 43.0 Å². The first-order chi connectivity index (χ1) is 8.67. The predicted octanol–water partition coefficient (Wildman–Crippen LogP) is 2.69. The van der Waals surface area contributed by atoms with Crippen molar-refractivity contribution in [3.05, 3.63) is 35.4 Å². The number of halogens is 1. The molecule has 1 unspecified atom stereocenters. The summed E-state index contributed by atoms with van der Waals surface area (Å²) in [6.45, 7) is 5.38. The highest BCUT2D eigenvalue weighted by Crippen LogP contribution is 2.12. The van der Waals surface area contributed by atoms with Crippen molar-refractivity contribution >= 4 is 30.1 Å². The van der Waals surface area contributed by atoms with Crippen molar-refractivity contribution in [2.45, 2.75) is 19.6 Å². The molecule has 0 spiro atoms. The van der Waals surface area contributed by atoms with E-state index in [1.54, 1.807) is 0 Å². The van der Waals surface area contributed by atoms with Gasteiger partial charge in [0.15, 0.2) is 0 Å². The van der Waals surface area contributed by atoms with Crippen molar-refractivity contribution < 1.29 is 4.79 Å². The first-order valence-corrected chi connectivity index (χ1v) is 7.47. The van der Waals surface area contributed by atoms with Crippen molar-refractivity contribution in [3.63, 3.8) is 0 Å². The Balaban J connectivity index is 0.00000324. The third-order valence-electron chi connectivity index (χ3n) is 2.70. The lowest BCUT2D eigenvalue weighted by molar-refractivity contribution is 0.0948. The van der Waals surface area contributed by atoms with E-state index in [0.717, 1.165) is 11.5 Å². The zero-order valence-electron chi connectivity index (χ0n) is 11.5. The molecule has 0 bridgehead atoms. The number of carbonyl (C=O) groups excluding carboxylic acids is 1. The van der Waals surface area contributed by atoms with Gasteiger partial charge in [-0.05, 0) is 35.9 Å². The fourth-order valence-corrected chi connectivity index (χ4v) is 2.06. The first-order valence-electron chi connectivity index (χ1n) is 6.32. The van der Waals surface area contributed by atoms with Gasteiger partial charge in [0.2, 0.25) is 0 Å². The summed E-state index contributed by atoms with van der Waals surface area (Å²) in [5.74, 6) is 2.40. The molecule has 0 radical (unpaired) electrons. The summed E-state index contributed by atoms with van der Waals surface area (Å²) in [4.78, 5) is 11.8. The number of amides is 1. The SMILES string of the molecule is CCSCc1ccc(C(=O)NCC(C)CN)cc1.Cl. The summed E-state index contributed by atoms with van der Waals surface area (Å²) in [5, 5.41) is 2.89. The van der Waals surface area contributed by atoms with Gasteiger partial charge >= 0.3 is 0 Å². The normalized spacial score (nSPS) is 11.5. The van der Waals surface area contributed by atoms with Gasteiger partial charge in [-0.15, -0.1) is 12.4 Å². The van der Waals surface area contributed by atoms with Crippen molar-refractivity contribution in [1.29, 1.82) is 0 Å². The Bertz CT molecular complexity index is 370. The molecule has 1 rings (SSSR count). The summed E-state index contributed by atoms with van der Waals surface area (Å²) in [7, 11) is 0. The molecule has 0 aliphatic heterocycles. The van der Waals surface area contributed by atoms with E-state index in [-0.39, 0.29) is 18.3 Å². The molecule has 0 fully saturated rings. The Hall–Kier alpha value is -0.710. The summed E-state index contributed by atoms with van der Waals surface area (Å²) < 4.78 is 0. The number of benzene rings is 1. The quantitative estimate of drug-likeness (QED) is 0.814. The molecule has 0 heterocycles. The topological polar surface area (TPSA) is 55.1 Å². The minimum absolute atomic E-state index is 0. The molecule has 0 aromatic heterocycles. The largest absolute Gasteiger partial charge is 0.352 e. The number of nitrogens with two attached hydrogens (primary N) is 1. The number of hydrogen-bond donors (Lipinski definition) is 2. The predicted molar refractivity (Wildman–Crippen MR) is 86.1 cm³/mol. The van der Waals surface area contributed by atoms with Gasteiger partial charge in [0.05, 0.1) is 0 Å². The zero-order valence-corrected chi connectivity index (χ0v) is 13.2. The highest BCUT2D eigenvalue weighted by atomic mass is 35.5. The van der Waals surface area contributed by atoms with E-state index in [4.69, 9.17) is 5.73 Å². The Morgan fingerprint density at radius 1 is 1.37 bits per heavy atom. The Labute approximate surface area is 126 Å². The molecule has 5 heteroatoms. The average Bonchev–Trinajstić information content (AvgIpc) is 2.42. The maximum Gasteiger partial charge on any atom is 0.251 e.